The van der Waals surface area contributed by atoms with Gasteiger partial charge in [0.25, 0.3) is 0 Å². The van der Waals surface area contributed by atoms with Crippen molar-refractivity contribution < 1.29 is 4.79 Å². The van der Waals surface area contributed by atoms with Crippen molar-refractivity contribution in [1.82, 2.24) is 14.8 Å². The zero-order chi connectivity index (χ0) is 16.2. The summed E-state index contributed by atoms with van der Waals surface area (Å²) in [6, 6.07) is 3.71. The molecule has 1 amide bonds. The highest BCUT2D eigenvalue weighted by molar-refractivity contribution is 8.02. The molecule has 0 bridgehead atoms. The highest BCUT2D eigenvalue weighted by Crippen LogP contribution is 2.31. The summed E-state index contributed by atoms with van der Waals surface area (Å²) >= 11 is 7.79. The maximum atomic E-state index is 12.4. The van der Waals surface area contributed by atoms with Crippen molar-refractivity contribution in [3.05, 3.63) is 46.9 Å². The van der Waals surface area contributed by atoms with E-state index in [1.165, 1.54) is 18.4 Å². The number of thioether (sulfide) groups is 1. The van der Waals surface area contributed by atoms with Gasteiger partial charge >= 0.3 is 0 Å². The van der Waals surface area contributed by atoms with Crippen LogP contribution in [0.3, 0.4) is 0 Å². The fraction of sp³-hybridized carbons (Fsp3) is 0.312. The third-order valence-electron chi connectivity index (χ3n) is 3.47. The van der Waals surface area contributed by atoms with Crippen LogP contribution in [0.2, 0.25) is 5.15 Å². The van der Waals surface area contributed by atoms with E-state index in [1.54, 1.807) is 39.9 Å². The van der Waals surface area contributed by atoms with Crippen LogP contribution < -0.4 is 4.90 Å². The Morgan fingerprint density at radius 1 is 1.52 bits per heavy atom. The number of rotatable bonds is 6. The second kappa shape index (κ2) is 7.19. The number of nitrogens with zero attached hydrogens (tertiary/aromatic N) is 4. The zero-order valence-corrected chi connectivity index (χ0v) is 14.3. The van der Waals surface area contributed by atoms with E-state index in [4.69, 9.17) is 11.6 Å². The zero-order valence-electron chi connectivity index (χ0n) is 12.8. The standard InChI is InChI=1S/C16H17ClN4OS/c1-2-20(15(22)11-23-10-12-5-6-12)14-9-21(19-16(14)17)13-4-3-7-18-8-13/h3-4,7-10H,2,5-6,11H2,1H3. The lowest BCUT2D eigenvalue weighted by Crippen LogP contribution is -2.32. The first kappa shape index (κ1) is 16.1. The molecule has 3 rings (SSSR count). The Bertz CT molecular complexity index is 723. The van der Waals surface area contributed by atoms with Crippen LogP contribution in [0, 0.1) is 0 Å². The third-order valence-corrected chi connectivity index (χ3v) is 4.65. The molecule has 1 fully saturated rings. The van der Waals surface area contributed by atoms with Crippen LogP contribution in [0.15, 0.2) is 41.7 Å². The van der Waals surface area contributed by atoms with Crippen molar-refractivity contribution in [1.29, 1.82) is 0 Å². The first-order valence-electron chi connectivity index (χ1n) is 7.44. The Morgan fingerprint density at radius 3 is 3.00 bits per heavy atom. The monoisotopic (exact) mass is 348 g/mol. The summed E-state index contributed by atoms with van der Waals surface area (Å²) in [6.45, 7) is 2.48. The van der Waals surface area contributed by atoms with E-state index in [0.717, 1.165) is 5.69 Å². The number of anilines is 1. The van der Waals surface area contributed by atoms with Crippen molar-refractivity contribution in [3.8, 4) is 5.69 Å². The maximum absolute atomic E-state index is 12.4. The number of hydrogen-bond donors (Lipinski definition) is 0. The van der Waals surface area contributed by atoms with Crippen LogP contribution in [0.25, 0.3) is 5.69 Å². The van der Waals surface area contributed by atoms with E-state index in [9.17, 15) is 4.79 Å². The molecular formula is C16H17ClN4OS. The van der Waals surface area contributed by atoms with Gasteiger partial charge in [-0.2, -0.15) is 5.10 Å². The van der Waals surface area contributed by atoms with E-state index in [2.05, 4.69) is 15.5 Å². The molecule has 2 heterocycles. The summed E-state index contributed by atoms with van der Waals surface area (Å²) in [7, 11) is 0. The molecule has 0 saturated heterocycles. The molecule has 2 aromatic heterocycles. The van der Waals surface area contributed by atoms with E-state index in [0.29, 0.717) is 23.1 Å². The molecule has 0 unspecified atom stereocenters. The van der Waals surface area contributed by atoms with E-state index in [1.807, 2.05) is 19.1 Å². The molecule has 0 aromatic carbocycles. The Kier molecular flexibility index (Phi) is 5.03. The van der Waals surface area contributed by atoms with Crippen molar-refractivity contribution in [3.63, 3.8) is 0 Å². The van der Waals surface area contributed by atoms with Gasteiger partial charge in [-0.1, -0.05) is 17.2 Å². The second-order valence-electron chi connectivity index (χ2n) is 5.19. The maximum Gasteiger partial charge on any atom is 0.237 e. The number of amides is 1. The molecule has 1 saturated carbocycles. The molecule has 7 heteroatoms. The van der Waals surface area contributed by atoms with Crippen LogP contribution in [0.4, 0.5) is 5.69 Å². The minimum atomic E-state index is 0.0302. The lowest BCUT2D eigenvalue weighted by Gasteiger charge is -2.18. The molecular weight excluding hydrogens is 332 g/mol. The number of carbonyl (C=O) groups excluding carboxylic acids is 1. The van der Waals surface area contributed by atoms with Gasteiger partial charge < -0.3 is 4.90 Å². The number of allylic oxidation sites excluding steroid dienone is 1. The normalized spacial score (nSPS) is 13.0. The van der Waals surface area contributed by atoms with E-state index in [-0.39, 0.29) is 5.91 Å². The van der Waals surface area contributed by atoms with Crippen LogP contribution in [0.5, 0.6) is 0 Å². The number of halogens is 1. The molecule has 0 radical (unpaired) electrons. The predicted molar refractivity (Wildman–Crippen MR) is 94.2 cm³/mol. The van der Waals surface area contributed by atoms with Crippen LogP contribution in [-0.2, 0) is 4.79 Å². The summed E-state index contributed by atoms with van der Waals surface area (Å²) in [5.41, 5.74) is 2.85. The Balaban J connectivity index is 1.76. The highest BCUT2D eigenvalue weighted by atomic mass is 35.5. The number of aromatic nitrogens is 3. The quantitative estimate of drug-likeness (QED) is 0.799. The van der Waals surface area contributed by atoms with Gasteiger partial charge in [0.2, 0.25) is 5.91 Å². The van der Waals surface area contributed by atoms with Crippen LogP contribution >= 0.6 is 23.4 Å². The molecule has 0 aliphatic heterocycles. The van der Waals surface area contributed by atoms with Crippen LogP contribution in [0.1, 0.15) is 19.8 Å². The fourth-order valence-electron chi connectivity index (χ4n) is 2.13. The summed E-state index contributed by atoms with van der Waals surface area (Å²) in [5, 5.41) is 6.68. The largest absolute Gasteiger partial charge is 0.308 e. The molecule has 1 aliphatic carbocycles. The Labute approximate surface area is 144 Å². The average molecular weight is 349 g/mol. The van der Waals surface area contributed by atoms with Gasteiger partial charge in [0.1, 0.15) is 5.69 Å². The van der Waals surface area contributed by atoms with Gasteiger partial charge in [-0.05, 0) is 37.3 Å². The SMILES string of the molecule is CCN(C(=O)CSC=C1CC1)c1cn(-c2cccnc2)nc1Cl. The van der Waals surface area contributed by atoms with Crippen LogP contribution in [-0.4, -0.2) is 33.0 Å². The van der Waals surface area contributed by atoms with Gasteiger partial charge in [-0.3, -0.25) is 9.78 Å². The van der Waals surface area contributed by atoms with Crippen molar-refractivity contribution in [2.24, 2.45) is 0 Å². The highest BCUT2D eigenvalue weighted by Gasteiger charge is 2.20. The lowest BCUT2D eigenvalue weighted by atomic mass is 10.4. The topological polar surface area (TPSA) is 51.0 Å². The number of hydrogen-bond acceptors (Lipinski definition) is 4. The summed E-state index contributed by atoms with van der Waals surface area (Å²) in [4.78, 5) is 18.2. The molecule has 5 nitrogen and oxygen atoms in total. The third kappa shape index (κ3) is 3.95. The van der Waals surface area contributed by atoms with E-state index < -0.39 is 0 Å². The predicted octanol–water partition coefficient (Wildman–Crippen LogP) is 3.68. The van der Waals surface area contributed by atoms with Gasteiger partial charge in [-0.15, -0.1) is 11.8 Å². The van der Waals surface area contributed by atoms with Gasteiger partial charge in [0.05, 0.1) is 23.8 Å². The van der Waals surface area contributed by atoms with E-state index >= 15 is 0 Å². The molecule has 23 heavy (non-hydrogen) atoms. The second-order valence-corrected chi connectivity index (χ2v) is 6.40. The van der Waals surface area contributed by atoms with Gasteiger partial charge in [-0.25, -0.2) is 4.68 Å². The van der Waals surface area contributed by atoms with Crippen molar-refractivity contribution in [2.45, 2.75) is 19.8 Å². The Hall–Kier alpha value is -1.79. The first-order valence-corrected chi connectivity index (χ1v) is 8.87. The van der Waals surface area contributed by atoms with Gasteiger partial charge in [0.15, 0.2) is 5.15 Å². The van der Waals surface area contributed by atoms with Crippen molar-refractivity contribution in [2.75, 3.05) is 17.2 Å². The minimum absolute atomic E-state index is 0.0302. The Morgan fingerprint density at radius 2 is 2.35 bits per heavy atom. The average Bonchev–Trinajstić information content (AvgIpc) is 3.31. The molecule has 0 N–H and O–H groups in total. The van der Waals surface area contributed by atoms with Crippen molar-refractivity contribution >= 4 is 35.0 Å². The molecule has 1 aliphatic rings. The number of pyridine rings is 1. The van der Waals surface area contributed by atoms with Gasteiger partial charge in [0, 0.05) is 12.7 Å². The molecule has 0 spiro atoms. The lowest BCUT2D eigenvalue weighted by molar-refractivity contribution is -0.116. The summed E-state index contributed by atoms with van der Waals surface area (Å²) in [5.74, 6) is 0.439. The minimum Gasteiger partial charge on any atom is -0.308 e. The molecule has 0 atom stereocenters. The molecule has 120 valence electrons. The molecule has 2 aromatic rings. The summed E-state index contributed by atoms with van der Waals surface area (Å²) < 4.78 is 1.64. The smallest absolute Gasteiger partial charge is 0.237 e. The number of carbonyl (C=O) groups is 1. The fourth-order valence-corrected chi connectivity index (χ4v) is 3.21. The summed E-state index contributed by atoms with van der Waals surface area (Å²) in [6.07, 6.45) is 7.50. The first-order chi connectivity index (χ1) is 11.2.